The van der Waals surface area contributed by atoms with Crippen LogP contribution in [-0.2, 0) is 11.3 Å². The molecule has 4 rings (SSSR count). The predicted octanol–water partition coefficient (Wildman–Crippen LogP) is 4.33. The molecule has 0 saturated carbocycles. The first-order valence-electron chi connectivity index (χ1n) is 10.9. The van der Waals surface area contributed by atoms with Crippen LogP contribution in [0.25, 0.3) is 10.8 Å². The Labute approximate surface area is 188 Å². The molecule has 3 aromatic rings. The number of nitrogens with zero attached hydrogens (tertiary/aromatic N) is 2. The maximum Gasteiger partial charge on any atom is 0.142 e. The summed E-state index contributed by atoms with van der Waals surface area (Å²) in [6.07, 6.45) is 0. The van der Waals surface area contributed by atoms with Crippen LogP contribution in [0.2, 0.25) is 0 Å². The molecule has 1 atom stereocenters. The lowest BCUT2D eigenvalue weighted by atomic mass is 9.99. The zero-order valence-corrected chi connectivity index (χ0v) is 18.5. The second-order valence-corrected chi connectivity index (χ2v) is 8.09. The molecule has 1 N–H and O–H groups in total. The van der Waals surface area contributed by atoms with Gasteiger partial charge in [0, 0.05) is 31.7 Å². The number of ether oxygens (including phenoxy) is 2. The van der Waals surface area contributed by atoms with Crippen molar-refractivity contribution >= 4 is 10.8 Å². The Kier molecular flexibility index (Phi) is 7.01. The number of rotatable bonds is 7. The van der Waals surface area contributed by atoms with Crippen LogP contribution in [-0.4, -0.2) is 44.8 Å². The molecule has 1 heterocycles. The summed E-state index contributed by atoms with van der Waals surface area (Å²) in [5, 5.41) is 15.0. The van der Waals surface area contributed by atoms with Crippen molar-refractivity contribution in [1.29, 1.82) is 5.26 Å². The summed E-state index contributed by atoms with van der Waals surface area (Å²) >= 11 is 0. The Morgan fingerprint density at radius 2 is 1.94 bits per heavy atom. The minimum absolute atomic E-state index is 0.0223. The molecule has 1 aliphatic rings. The van der Waals surface area contributed by atoms with E-state index in [1.807, 2.05) is 43.3 Å². The van der Waals surface area contributed by atoms with E-state index < -0.39 is 0 Å². The van der Waals surface area contributed by atoms with Gasteiger partial charge in [0.15, 0.2) is 0 Å². The second-order valence-electron chi connectivity index (χ2n) is 8.09. The molecule has 1 unspecified atom stereocenters. The number of halogens is 1. The van der Waals surface area contributed by atoms with Crippen LogP contribution in [0, 0.1) is 24.1 Å². The summed E-state index contributed by atoms with van der Waals surface area (Å²) in [4.78, 5) is 2.39. The number of aryl methyl sites for hydroxylation is 1. The number of fused-ring (bicyclic) bond motifs is 1. The number of hydrogen-bond acceptors (Lipinski definition) is 5. The van der Waals surface area contributed by atoms with Gasteiger partial charge in [0.25, 0.3) is 0 Å². The fourth-order valence-electron chi connectivity index (χ4n) is 4.53. The van der Waals surface area contributed by atoms with Crippen LogP contribution in [0.5, 0.6) is 5.75 Å². The number of benzene rings is 3. The molecular weight excluding hydrogens is 405 g/mol. The van der Waals surface area contributed by atoms with Crippen molar-refractivity contribution in [3.05, 3.63) is 76.6 Å². The molecule has 0 amide bonds. The molecule has 0 bridgehead atoms. The zero-order valence-electron chi connectivity index (χ0n) is 18.5. The first-order chi connectivity index (χ1) is 15.6. The van der Waals surface area contributed by atoms with Gasteiger partial charge in [-0.2, -0.15) is 5.26 Å². The van der Waals surface area contributed by atoms with Gasteiger partial charge in [-0.15, -0.1) is 0 Å². The summed E-state index contributed by atoms with van der Waals surface area (Å²) < 4.78 is 25.6. The molecule has 1 fully saturated rings. The first-order valence-corrected chi connectivity index (χ1v) is 10.9. The van der Waals surface area contributed by atoms with Gasteiger partial charge in [-0.3, -0.25) is 4.90 Å². The van der Waals surface area contributed by atoms with Gasteiger partial charge in [-0.1, -0.05) is 30.3 Å². The normalized spacial score (nSPS) is 15.4. The van der Waals surface area contributed by atoms with Gasteiger partial charge >= 0.3 is 0 Å². The van der Waals surface area contributed by atoms with Gasteiger partial charge in [0.1, 0.15) is 17.6 Å². The van der Waals surface area contributed by atoms with Crippen molar-refractivity contribution in [3.8, 4) is 11.8 Å². The van der Waals surface area contributed by atoms with Crippen molar-refractivity contribution in [2.24, 2.45) is 0 Å². The average Bonchev–Trinajstić information content (AvgIpc) is 2.82. The van der Waals surface area contributed by atoms with Gasteiger partial charge in [0.05, 0.1) is 31.9 Å². The Morgan fingerprint density at radius 1 is 1.16 bits per heavy atom. The first kappa shape index (κ1) is 22.2. The number of nitrogens with one attached hydrogen (secondary N) is 1. The lowest BCUT2D eigenvalue weighted by Crippen LogP contribution is -2.46. The van der Waals surface area contributed by atoms with Crippen LogP contribution in [0.4, 0.5) is 4.39 Å². The minimum Gasteiger partial charge on any atom is -0.495 e. The Bertz CT molecular complexity index is 1140. The standard InChI is InChI=1S/C26H28FN3O2/c1-18-13-21(27)7-8-22(18)25(30-11-9-29-10-12-30)17-32-16-24-23-6-4-3-5-19(23)14-20(15-28)26(24)31-2/h3-8,13-14,25,29H,9-12,16-17H2,1-2H3. The quantitative estimate of drug-likeness (QED) is 0.601. The van der Waals surface area contributed by atoms with E-state index in [0.717, 1.165) is 53.6 Å². The van der Waals surface area contributed by atoms with Crippen LogP contribution < -0.4 is 10.1 Å². The largest absolute Gasteiger partial charge is 0.495 e. The molecule has 0 spiro atoms. The highest BCUT2D eigenvalue weighted by molar-refractivity contribution is 5.89. The minimum atomic E-state index is -0.226. The van der Waals surface area contributed by atoms with Gasteiger partial charge in [-0.25, -0.2) is 4.39 Å². The van der Waals surface area contributed by atoms with Crippen molar-refractivity contribution in [2.75, 3.05) is 39.9 Å². The van der Waals surface area contributed by atoms with Crippen molar-refractivity contribution < 1.29 is 13.9 Å². The molecular formula is C26H28FN3O2. The van der Waals surface area contributed by atoms with Gasteiger partial charge < -0.3 is 14.8 Å². The molecule has 0 aliphatic carbocycles. The maximum absolute atomic E-state index is 13.7. The summed E-state index contributed by atoms with van der Waals surface area (Å²) in [5.41, 5.74) is 3.37. The van der Waals surface area contributed by atoms with E-state index in [9.17, 15) is 9.65 Å². The van der Waals surface area contributed by atoms with E-state index in [2.05, 4.69) is 16.3 Å². The highest BCUT2D eigenvalue weighted by Crippen LogP contribution is 2.33. The fraction of sp³-hybridized carbons (Fsp3) is 0.346. The number of hydrogen-bond donors (Lipinski definition) is 1. The van der Waals surface area contributed by atoms with E-state index in [0.29, 0.717) is 24.5 Å². The number of methoxy groups -OCH3 is 1. The molecule has 0 radical (unpaired) electrons. The third kappa shape index (κ3) is 4.61. The Balaban J connectivity index is 1.62. The lowest BCUT2D eigenvalue weighted by Gasteiger charge is -2.35. The van der Waals surface area contributed by atoms with Crippen molar-refractivity contribution in [3.63, 3.8) is 0 Å². The summed E-state index contributed by atoms with van der Waals surface area (Å²) in [7, 11) is 1.58. The zero-order chi connectivity index (χ0) is 22.5. The molecule has 1 aliphatic heterocycles. The van der Waals surface area contributed by atoms with Gasteiger partial charge in [0.2, 0.25) is 0 Å². The highest BCUT2D eigenvalue weighted by atomic mass is 19.1. The highest BCUT2D eigenvalue weighted by Gasteiger charge is 2.24. The number of nitriles is 1. The summed E-state index contributed by atoms with van der Waals surface area (Å²) in [6.45, 7) is 6.37. The average molecular weight is 434 g/mol. The topological polar surface area (TPSA) is 57.5 Å². The van der Waals surface area contributed by atoms with Crippen molar-refractivity contribution in [1.82, 2.24) is 10.2 Å². The molecule has 5 nitrogen and oxygen atoms in total. The van der Waals surface area contributed by atoms with E-state index in [1.165, 1.54) is 6.07 Å². The lowest BCUT2D eigenvalue weighted by molar-refractivity contribution is 0.0436. The molecule has 3 aromatic carbocycles. The van der Waals surface area contributed by atoms with Gasteiger partial charge in [-0.05, 0) is 47.0 Å². The molecule has 1 saturated heterocycles. The molecule has 0 aromatic heterocycles. The smallest absolute Gasteiger partial charge is 0.142 e. The van der Waals surface area contributed by atoms with Crippen molar-refractivity contribution in [2.45, 2.75) is 19.6 Å². The fourth-order valence-corrected chi connectivity index (χ4v) is 4.53. The second kappa shape index (κ2) is 10.1. The molecule has 6 heteroatoms. The monoisotopic (exact) mass is 433 g/mol. The van der Waals surface area contributed by atoms with Crippen LogP contribution in [0.3, 0.4) is 0 Å². The van der Waals surface area contributed by atoms with E-state index >= 15 is 0 Å². The Hall–Kier alpha value is -2.98. The molecule has 166 valence electrons. The van der Waals surface area contributed by atoms with E-state index in [4.69, 9.17) is 9.47 Å². The number of piperazine rings is 1. The van der Waals surface area contributed by atoms with E-state index in [1.54, 1.807) is 13.2 Å². The van der Waals surface area contributed by atoms with E-state index in [-0.39, 0.29) is 11.9 Å². The third-order valence-electron chi connectivity index (χ3n) is 6.13. The third-order valence-corrected chi connectivity index (χ3v) is 6.13. The SMILES string of the molecule is COc1c(C#N)cc2ccccc2c1COCC(c1ccc(F)cc1C)N1CCNCC1. The summed E-state index contributed by atoms with van der Waals surface area (Å²) in [6, 6.07) is 17.0. The Morgan fingerprint density at radius 3 is 2.66 bits per heavy atom. The molecule has 32 heavy (non-hydrogen) atoms. The predicted molar refractivity (Wildman–Crippen MR) is 123 cm³/mol. The van der Waals surface area contributed by atoms with Crippen LogP contribution in [0.15, 0.2) is 48.5 Å². The van der Waals surface area contributed by atoms with Crippen LogP contribution >= 0.6 is 0 Å². The maximum atomic E-state index is 13.7. The summed E-state index contributed by atoms with van der Waals surface area (Å²) in [5.74, 6) is 0.332. The van der Waals surface area contributed by atoms with Crippen LogP contribution in [0.1, 0.15) is 28.3 Å².